The maximum absolute atomic E-state index is 14.0. The van der Waals surface area contributed by atoms with Crippen LogP contribution in [0.15, 0.2) is 53.4 Å². The maximum atomic E-state index is 14.0. The third kappa shape index (κ3) is 3.77. The molecular weight excluding hydrogens is 369 g/mol. The molecule has 1 aliphatic rings. The molecule has 0 N–H and O–H groups in total. The molecule has 128 valence electrons. The molecule has 0 spiro atoms. The van der Waals surface area contributed by atoms with E-state index < -0.39 is 10.0 Å². The Morgan fingerprint density at radius 1 is 1.12 bits per heavy atom. The van der Waals surface area contributed by atoms with Crippen LogP contribution in [0.5, 0.6) is 0 Å². The summed E-state index contributed by atoms with van der Waals surface area (Å²) in [5, 5.41) is 0.357. The van der Waals surface area contributed by atoms with Crippen LogP contribution in [0.4, 0.5) is 4.39 Å². The van der Waals surface area contributed by atoms with Crippen LogP contribution in [0.2, 0.25) is 5.02 Å². The molecule has 7 heteroatoms. The Bertz CT molecular complexity index is 829. The third-order valence-electron chi connectivity index (χ3n) is 3.99. The van der Waals surface area contributed by atoms with Gasteiger partial charge in [0.25, 0.3) is 0 Å². The van der Waals surface area contributed by atoms with Crippen molar-refractivity contribution in [2.75, 3.05) is 18.8 Å². The average molecular weight is 386 g/mol. The van der Waals surface area contributed by atoms with Crippen molar-refractivity contribution in [2.45, 2.75) is 16.6 Å². The zero-order chi connectivity index (χ0) is 17.2. The van der Waals surface area contributed by atoms with Gasteiger partial charge in [0, 0.05) is 34.7 Å². The SMILES string of the molecule is O=S(=O)(c1cccc(Cl)c1)N1CCSC(c2ccccc2F)CC1. The third-order valence-corrected chi connectivity index (χ3v) is 7.43. The van der Waals surface area contributed by atoms with Crippen LogP contribution in [0, 0.1) is 5.82 Å². The lowest BCUT2D eigenvalue weighted by atomic mass is 10.1. The topological polar surface area (TPSA) is 37.4 Å². The van der Waals surface area contributed by atoms with Gasteiger partial charge < -0.3 is 0 Å². The summed E-state index contributed by atoms with van der Waals surface area (Å²) in [6.07, 6.45) is 0.575. The summed E-state index contributed by atoms with van der Waals surface area (Å²) >= 11 is 7.51. The highest BCUT2D eigenvalue weighted by atomic mass is 35.5. The molecule has 1 unspecified atom stereocenters. The molecule has 24 heavy (non-hydrogen) atoms. The molecule has 1 fully saturated rings. The normalized spacial score (nSPS) is 19.8. The van der Waals surface area contributed by atoms with Crippen molar-refractivity contribution in [3.63, 3.8) is 0 Å². The van der Waals surface area contributed by atoms with E-state index in [-0.39, 0.29) is 16.0 Å². The van der Waals surface area contributed by atoms with Crippen LogP contribution in [0.25, 0.3) is 0 Å². The van der Waals surface area contributed by atoms with Crippen LogP contribution >= 0.6 is 23.4 Å². The number of hydrogen-bond donors (Lipinski definition) is 0. The van der Waals surface area contributed by atoms with Crippen molar-refractivity contribution in [3.05, 3.63) is 64.9 Å². The van der Waals surface area contributed by atoms with E-state index in [0.29, 0.717) is 35.8 Å². The van der Waals surface area contributed by atoms with Gasteiger partial charge in [0.1, 0.15) is 5.82 Å². The lowest BCUT2D eigenvalue weighted by Crippen LogP contribution is -2.33. The van der Waals surface area contributed by atoms with E-state index in [2.05, 4.69) is 0 Å². The van der Waals surface area contributed by atoms with Gasteiger partial charge >= 0.3 is 0 Å². The molecule has 0 aromatic heterocycles. The van der Waals surface area contributed by atoms with Crippen molar-refractivity contribution in [1.29, 1.82) is 0 Å². The Labute approximate surface area is 150 Å². The quantitative estimate of drug-likeness (QED) is 0.788. The highest BCUT2D eigenvalue weighted by Crippen LogP contribution is 2.36. The predicted octanol–water partition coefficient (Wildman–Crippen LogP) is 4.35. The Hall–Kier alpha value is -1.08. The molecule has 1 saturated heterocycles. The highest BCUT2D eigenvalue weighted by molar-refractivity contribution is 7.99. The monoisotopic (exact) mass is 385 g/mol. The molecule has 2 aromatic rings. The van der Waals surface area contributed by atoms with Crippen LogP contribution in [-0.4, -0.2) is 31.6 Å². The summed E-state index contributed by atoms with van der Waals surface area (Å²) in [5.41, 5.74) is 0.643. The van der Waals surface area contributed by atoms with Crippen molar-refractivity contribution < 1.29 is 12.8 Å². The van der Waals surface area contributed by atoms with Gasteiger partial charge in [0.05, 0.1) is 4.90 Å². The molecule has 1 aliphatic heterocycles. The number of nitrogens with zero attached hydrogens (tertiary/aromatic N) is 1. The molecule has 0 amide bonds. The van der Waals surface area contributed by atoms with Gasteiger partial charge in [-0.05, 0) is 30.7 Å². The summed E-state index contributed by atoms with van der Waals surface area (Å²) in [5.74, 6) is 0.389. The van der Waals surface area contributed by atoms with Crippen molar-refractivity contribution >= 4 is 33.4 Å². The standard InChI is InChI=1S/C17H17ClFNO2S2/c18-13-4-3-5-14(12-13)24(21,22)20-9-8-17(23-11-10-20)15-6-1-2-7-16(15)19/h1-7,12,17H,8-11H2. The summed E-state index contributed by atoms with van der Waals surface area (Å²) in [7, 11) is -3.58. The molecule has 3 nitrogen and oxygen atoms in total. The fraction of sp³-hybridized carbons (Fsp3) is 0.294. The zero-order valence-electron chi connectivity index (χ0n) is 12.9. The van der Waals surface area contributed by atoms with Crippen molar-refractivity contribution in [2.24, 2.45) is 0 Å². The van der Waals surface area contributed by atoms with Gasteiger partial charge in [-0.2, -0.15) is 16.1 Å². The van der Waals surface area contributed by atoms with E-state index in [4.69, 9.17) is 11.6 Å². The largest absolute Gasteiger partial charge is 0.243 e. The van der Waals surface area contributed by atoms with Gasteiger partial charge in [-0.15, -0.1) is 0 Å². The first kappa shape index (κ1) is 17.7. The first-order chi connectivity index (χ1) is 11.5. The first-order valence-corrected chi connectivity index (χ1v) is 10.5. The molecule has 1 atom stereocenters. The van der Waals surface area contributed by atoms with Crippen molar-refractivity contribution in [1.82, 2.24) is 4.31 Å². The summed E-state index contributed by atoms with van der Waals surface area (Å²) in [6, 6.07) is 13.0. The Balaban J connectivity index is 1.79. The van der Waals surface area contributed by atoms with E-state index >= 15 is 0 Å². The fourth-order valence-electron chi connectivity index (χ4n) is 2.75. The summed E-state index contributed by atoms with van der Waals surface area (Å²) in [4.78, 5) is 0.198. The lowest BCUT2D eigenvalue weighted by Gasteiger charge is -2.20. The molecule has 3 rings (SSSR count). The molecular formula is C17H17ClFNO2S2. The number of benzene rings is 2. The molecule has 0 saturated carbocycles. The number of rotatable bonds is 3. The van der Waals surface area contributed by atoms with Crippen LogP contribution < -0.4 is 0 Å². The Kier molecular flexibility index (Phi) is 5.49. The van der Waals surface area contributed by atoms with Gasteiger partial charge in [-0.25, -0.2) is 12.8 Å². The van der Waals surface area contributed by atoms with E-state index in [1.165, 1.54) is 16.4 Å². The Morgan fingerprint density at radius 3 is 2.67 bits per heavy atom. The molecule has 1 heterocycles. The smallest absolute Gasteiger partial charge is 0.207 e. The second-order valence-electron chi connectivity index (χ2n) is 5.53. The second kappa shape index (κ2) is 7.44. The number of sulfonamides is 1. The van der Waals surface area contributed by atoms with Crippen LogP contribution in [0.3, 0.4) is 0 Å². The lowest BCUT2D eigenvalue weighted by molar-refractivity contribution is 0.427. The van der Waals surface area contributed by atoms with Gasteiger partial charge in [0.15, 0.2) is 0 Å². The number of thioether (sulfide) groups is 1. The fourth-order valence-corrected chi connectivity index (χ4v) is 5.88. The second-order valence-corrected chi connectivity index (χ2v) is 9.22. The summed E-state index contributed by atoms with van der Waals surface area (Å²) in [6.45, 7) is 0.769. The van der Waals surface area contributed by atoms with Gasteiger partial charge in [-0.1, -0.05) is 35.9 Å². The Morgan fingerprint density at radius 2 is 1.92 bits per heavy atom. The number of halogens is 2. The van der Waals surface area contributed by atoms with Crippen LogP contribution in [-0.2, 0) is 10.0 Å². The van der Waals surface area contributed by atoms with Gasteiger partial charge in [0.2, 0.25) is 10.0 Å². The highest BCUT2D eigenvalue weighted by Gasteiger charge is 2.29. The number of hydrogen-bond acceptors (Lipinski definition) is 3. The molecule has 2 aromatic carbocycles. The van der Waals surface area contributed by atoms with E-state index in [1.807, 2.05) is 6.07 Å². The maximum Gasteiger partial charge on any atom is 0.243 e. The average Bonchev–Trinajstić information content (AvgIpc) is 2.82. The van der Waals surface area contributed by atoms with Crippen molar-refractivity contribution in [3.8, 4) is 0 Å². The van der Waals surface area contributed by atoms with Gasteiger partial charge in [-0.3, -0.25) is 0 Å². The van der Waals surface area contributed by atoms with E-state index in [0.717, 1.165) is 0 Å². The minimum absolute atomic E-state index is 0.0363. The van der Waals surface area contributed by atoms with E-state index in [1.54, 1.807) is 42.1 Å². The molecule has 0 radical (unpaired) electrons. The zero-order valence-corrected chi connectivity index (χ0v) is 15.2. The van der Waals surface area contributed by atoms with E-state index in [9.17, 15) is 12.8 Å². The first-order valence-electron chi connectivity index (χ1n) is 7.60. The minimum Gasteiger partial charge on any atom is -0.207 e. The summed E-state index contributed by atoms with van der Waals surface area (Å²) < 4.78 is 41.0. The predicted molar refractivity (Wildman–Crippen MR) is 96.4 cm³/mol. The molecule has 0 bridgehead atoms. The molecule has 0 aliphatic carbocycles. The van der Waals surface area contributed by atoms with Crippen LogP contribution in [0.1, 0.15) is 17.2 Å². The minimum atomic E-state index is -3.58.